The van der Waals surface area contributed by atoms with Gasteiger partial charge in [0.15, 0.2) is 5.03 Å². The van der Waals surface area contributed by atoms with E-state index < -0.39 is 22.1 Å². The molecule has 4 rings (SSSR count). The topological polar surface area (TPSA) is 103 Å². The molecule has 1 saturated heterocycles. The summed E-state index contributed by atoms with van der Waals surface area (Å²) in [6.07, 6.45) is -1.73. The second kappa shape index (κ2) is 7.40. The standard InChI is InChI=1S/C17H16F3N5O4S/c1-24-9-14(21-10-24)30(26,27)25-7-6-13(8-25)28-12-4-2-11(3-5-12)15-22-16(29-23-15)17(18,19)20/h2-5,9-10,13H,6-8H2,1H3/t13-/m1/s1. The van der Waals surface area contributed by atoms with Gasteiger partial charge in [-0.25, -0.2) is 13.4 Å². The minimum Gasteiger partial charge on any atom is -0.489 e. The van der Waals surface area contributed by atoms with Crippen molar-refractivity contribution in [3.8, 4) is 17.1 Å². The molecular weight excluding hydrogens is 427 g/mol. The highest BCUT2D eigenvalue weighted by Crippen LogP contribution is 2.30. The fraction of sp³-hybridized carbons (Fsp3) is 0.353. The van der Waals surface area contributed by atoms with Gasteiger partial charge in [-0.2, -0.15) is 22.5 Å². The minimum atomic E-state index is -4.71. The summed E-state index contributed by atoms with van der Waals surface area (Å²) in [6, 6.07) is 6.10. The van der Waals surface area contributed by atoms with Crippen molar-refractivity contribution in [3.63, 3.8) is 0 Å². The van der Waals surface area contributed by atoms with Crippen LogP contribution < -0.4 is 4.74 Å². The second-order valence-electron chi connectivity index (χ2n) is 6.71. The van der Waals surface area contributed by atoms with Gasteiger partial charge in [0.25, 0.3) is 10.0 Å². The smallest absolute Gasteiger partial charge is 0.471 e. The highest BCUT2D eigenvalue weighted by Gasteiger charge is 2.38. The summed E-state index contributed by atoms with van der Waals surface area (Å²) in [6.45, 7) is 0.463. The second-order valence-corrected chi connectivity index (χ2v) is 8.60. The molecule has 0 amide bonds. The van der Waals surface area contributed by atoms with Crippen molar-refractivity contribution in [1.29, 1.82) is 0 Å². The van der Waals surface area contributed by atoms with Crippen LogP contribution in [0.25, 0.3) is 11.4 Å². The lowest BCUT2D eigenvalue weighted by Gasteiger charge is -2.16. The fourth-order valence-electron chi connectivity index (χ4n) is 3.00. The van der Waals surface area contributed by atoms with Gasteiger partial charge in [-0.3, -0.25) is 0 Å². The Labute approximate surface area is 169 Å². The monoisotopic (exact) mass is 443 g/mol. The minimum absolute atomic E-state index is 0.0201. The van der Waals surface area contributed by atoms with Gasteiger partial charge in [0.1, 0.15) is 11.9 Å². The van der Waals surface area contributed by atoms with E-state index in [-0.39, 0.29) is 23.5 Å². The van der Waals surface area contributed by atoms with Crippen LogP contribution in [-0.4, -0.2) is 51.6 Å². The van der Waals surface area contributed by atoms with Crippen molar-refractivity contribution in [2.45, 2.75) is 23.7 Å². The maximum absolute atomic E-state index is 12.6. The number of alkyl halides is 3. The lowest BCUT2D eigenvalue weighted by molar-refractivity contribution is -0.159. The number of benzene rings is 1. The molecule has 1 aromatic carbocycles. The molecule has 3 heterocycles. The molecule has 30 heavy (non-hydrogen) atoms. The molecule has 1 atom stereocenters. The number of rotatable bonds is 5. The van der Waals surface area contributed by atoms with Crippen LogP contribution in [0.1, 0.15) is 12.3 Å². The quantitative estimate of drug-likeness (QED) is 0.596. The van der Waals surface area contributed by atoms with Gasteiger partial charge < -0.3 is 13.8 Å². The van der Waals surface area contributed by atoms with Gasteiger partial charge in [0.05, 0.1) is 12.9 Å². The summed E-state index contributed by atoms with van der Waals surface area (Å²) < 4.78 is 75.8. The Hall–Kier alpha value is -2.93. The lowest BCUT2D eigenvalue weighted by Crippen LogP contribution is -2.31. The molecule has 0 radical (unpaired) electrons. The summed E-state index contributed by atoms with van der Waals surface area (Å²) in [5, 5.41) is 3.31. The van der Waals surface area contributed by atoms with Gasteiger partial charge >= 0.3 is 12.1 Å². The predicted molar refractivity (Wildman–Crippen MR) is 95.7 cm³/mol. The van der Waals surface area contributed by atoms with E-state index >= 15 is 0 Å². The third kappa shape index (κ3) is 4.03. The van der Waals surface area contributed by atoms with Gasteiger partial charge in [-0.1, -0.05) is 5.16 Å². The molecule has 1 aliphatic heterocycles. The normalized spacial score (nSPS) is 18.1. The lowest BCUT2D eigenvalue weighted by atomic mass is 10.2. The van der Waals surface area contributed by atoms with E-state index in [0.717, 1.165) is 0 Å². The Morgan fingerprint density at radius 1 is 1.23 bits per heavy atom. The number of ether oxygens (including phenoxy) is 1. The number of aryl methyl sites for hydroxylation is 1. The average Bonchev–Trinajstić information content (AvgIpc) is 3.42. The van der Waals surface area contributed by atoms with Crippen LogP contribution in [0.5, 0.6) is 5.75 Å². The molecule has 3 aromatic rings. The molecule has 1 fully saturated rings. The molecule has 2 aromatic heterocycles. The molecule has 9 nitrogen and oxygen atoms in total. The Kier molecular flexibility index (Phi) is 5.02. The van der Waals surface area contributed by atoms with Crippen molar-refractivity contribution in [3.05, 3.63) is 42.7 Å². The third-order valence-corrected chi connectivity index (χ3v) is 6.23. The number of hydrogen-bond donors (Lipinski definition) is 0. The van der Waals surface area contributed by atoms with E-state index in [1.54, 1.807) is 23.7 Å². The van der Waals surface area contributed by atoms with Gasteiger partial charge in [-0.05, 0) is 30.7 Å². The number of hydrogen-bond acceptors (Lipinski definition) is 7. The first-order chi connectivity index (χ1) is 14.1. The highest BCUT2D eigenvalue weighted by molar-refractivity contribution is 7.89. The molecule has 0 spiro atoms. The van der Waals surface area contributed by atoms with E-state index in [9.17, 15) is 21.6 Å². The fourth-order valence-corrected chi connectivity index (χ4v) is 4.45. The number of halogens is 3. The maximum Gasteiger partial charge on any atom is 0.471 e. The van der Waals surface area contributed by atoms with Crippen LogP contribution in [0.2, 0.25) is 0 Å². The van der Waals surface area contributed by atoms with Crippen LogP contribution >= 0.6 is 0 Å². The third-order valence-electron chi connectivity index (χ3n) is 4.48. The molecule has 13 heteroatoms. The predicted octanol–water partition coefficient (Wildman–Crippen LogP) is 2.33. The van der Waals surface area contributed by atoms with Gasteiger partial charge in [-0.15, -0.1) is 0 Å². The van der Waals surface area contributed by atoms with Crippen molar-refractivity contribution < 1.29 is 30.8 Å². The van der Waals surface area contributed by atoms with Crippen LogP contribution in [0, 0.1) is 0 Å². The highest BCUT2D eigenvalue weighted by atomic mass is 32.2. The van der Waals surface area contributed by atoms with Gasteiger partial charge in [0.2, 0.25) is 5.82 Å². The first-order valence-corrected chi connectivity index (χ1v) is 10.2. The van der Waals surface area contributed by atoms with Crippen LogP contribution in [0.4, 0.5) is 13.2 Å². The molecule has 0 bridgehead atoms. The molecular formula is C17H16F3N5O4S. The van der Waals surface area contributed by atoms with Gasteiger partial charge in [0, 0.05) is 25.4 Å². The van der Waals surface area contributed by atoms with E-state index in [0.29, 0.717) is 24.3 Å². The largest absolute Gasteiger partial charge is 0.489 e. The van der Waals surface area contributed by atoms with Crippen LogP contribution in [0.15, 0.2) is 46.3 Å². The molecule has 0 saturated carbocycles. The first kappa shape index (κ1) is 20.3. The Morgan fingerprint density at radius 2 is 1.97 bits per heavy atom. The number of imidazole rings is 1. The summed E-state index contributed by atoms with van der Waals surface area (Å²) >= 11 is 0. The number of aromatic nitrogens is 4. The Balaban J connectivity index is 1.40. The summed E-state index contributed by atoms with van der Waals surface area (Å²) in [4.78, 5) is 7.23. The van der Waals surface area contributed by atoms with Crippen molar-refractivity contribution in [2.75, 3.05) is 13.1 Å². The zero-order valence-corrected chi connectivity index (χ0v) is 16.4. The zero-order valence-electron chi connectivity index (χ0n) is 15.6. The Morgan fingerprint density at radius 3 is 2.57 bits per heavy atom. The first-order valence-electron chi connectivity index (χ1n) is 8.79. The van der Waals surface area contributed by atoms with Crippen LogP contribution in [-0.2, 0) is 23.2 Å². The van der Waals surface area contributed by atoms with E-state index in [2.05, 4.69) is 19.6 Å². The SMILES string of the molecule is Cn1cnc(S(=O)(=O)N2CC[C@@H](Oc3ccc(-c4noc(C(F)(F)F)n4)cc3)C2)c1. The molecule has 1 aliphatic rings. The number of sulfonamides is 1. The molecule has 0 aliphatic carbocycles. The summed E-state index contributed by atoms with van der Waals surface area (Å²) in [7, 11) is -2.01. The van der Waals surface area contributed by atoms with E-state index in [1.807, 2.05) is 0 Å². The van der Waals surface area contributed by atoms with Crippen molar-refractivity contribution in [1.82, 2.24) is 24.0 Å². The van der Waals surface area contributed by atoms with E-state index in [1.165, 1.54) is 29.0 Å². The number of nitrogens with zero attached hydrogens (tertiary/aromatic N) is 5. The average molecular weight is 443 g/mol. The summed E-state index contributed by atoms with van der Waals surface area (Å²) in [5.41, 5.74) is 0.326. The zero-order chi connectivity index (χ0) is 21.5. The maximum atomic E-state index is 12.6. The molecule has 160 valence electrons. The van der Waals surface area contributed by atoms with Crippen LogP contribution in [0.3, 0.4) is 0 Å². The summed E-state index contributed by atoms with van der Waals surface area (Å²) in [5.74, 6) is -1.17. The van der Waals surface area contributed by atoms with Crippen molar-refractivity contribution in [2.24, 2.45) is 7.05 Å². The Bertz CT molecular complexity index is 1140. The van der Waals surface area contributed by atoms with Crippen molar-refractivity contribution >= 4 is 10.0 Å². The van der Waals surface area contributed by atoms with E-state index in [4.69, 9.17) is 4.74 Å². The molecule has 0 N–H and O–H groups in total. The molecule has 0 unspecified atom stereocenters.